The summed E-state index contributed by atoms with van der Waals surface area (Å²) < 4.78 is 4.60. The Bertz CT molecular complexity index is 1060. The zero-order chi connectivity index (χ0) is 20.3. The first kappa shape index (κ1) is 19.9. The van der Waals surface area contributed by atoms with Crippen LogP contribution in [0.15, 0.2) is 39.9 Å². The molecule has 0 N–H and O–H groups in total. The highest BCUT2D eigenvalue weighted by atomic mass is 16.2. The van der Waals surface area contributed by atoms with E-state index in [1.807, 2.05) is 34.7 Å². The van der Waals surface area contributed by atoms with Gasteiger partial charge in [-0.2, -0.15) is 4.98 Å². The molecule has 0 saturated carbocycles. The normalized spacial score (nSPS) is 11.3. The van der Waals surface area contributed by atoms with E-state index in [1.54, 1.807) is 7.05 Å². The van der Waals surface area contributed by atoms with Crippen LogP contribution in [-0.4, -0.2) is 25.7 Å². The summed E-state index contributed by atoms with van der Waals surface area (Å²) in [6, 6.07) is 10.2. The molecule has 0 aliphatic heterocycles. The number of fused-ring (bicyclic) bond motifs is 1. The molecule has 0 bridgehead atoms. The van der Waals surface area contributed by atoms with E-state index in [0.29, 0.717) is 30.2 Å². The molecule has 0 spiro atoms. The van der Waals surface area contributed by atoms with Gasteiger partial charge < -0.3 is 9.47 Å². The number of imidazole rings is 1. The quantitative estimate of drug-likeness (QED) is 0.561. The highest BCUT2D eigenvalue weighted by molar-refractivity contribution is 5.74. The zero-order valence-corrected chi connectivity index (χ0v) is 17.2. The van der Waals surface area contributed by atoms with E-state index in [-0.39, 0.29) is 11.2 Å². The summed E-state index contributed by atoms with van der Waals surface area (Å²) in [5.41, 5.74) is 1.46. The summed E-state index contributed by atoms with van der Waals surface area (Å²) in [5.74, 6) is 0.716. The van der Waals surface area contributed by atoms with Gasteiger partial charge in [0.15, 0.2) is 11.2 Å². The lowest BCUT2D eigenvalue weighted by Gasteiger charge is -2.20. The van der Waals surface area contributed by atoms with Gasteiger partial charge in [-0.3, -0.25) is 13.9 Å². The summed E-state index contributed by atoms with van der Waals surface area (Å²) in [6.45, 7) is 3.56. The Morgan fingerprint density at radius 1 is 1.00 bits per heavy atom. The van der Waals surface area contributed by atoms with Gasteiger partial charge in [0.2, 0.25) is 5.95 Å². The number of aryl methyl sites for hydroxylation is 2. The van der Waals surface area contributed by atoms with Crippen molar-refractivity contribution in [3.05, 3.63) is 56.7 Å². The Hall–Kier alpha value is -2.83. The lowest BCUT2D eigenvalue weighted by molar-refractivity contribution is 0.584. The monoisotopic (exact) mass is 383 g/mol. The molecule has 0 aliphatic carbocycles. The van der Waals surface area contributed by atoms with Crippen LogP contribution in [0.25, 0.3) is 11.2 Å². The fourth-order valence-corrected chi connectivity index (χ4v) is 3.56. The van der Waals surface area contributed by atoms with E-state index in [0.717, 1.165) is 35.8 Å². The molecule has 0 amide bonds. The standard InChI is InChI=1S/C21H29N5O2/c1-5-6-7-11-14-26-17-18(24(3)21(28)25(4)19(17)27)22-20(26)23(2)15-16-12-9-8-10-13-16/h8-10,12-13H,5-7,11,14-15H2,1-4H3. The van der Waals surface area contributed by atoms with Crippen molar-refractivity contribution in [3.63, 3.8) is 0 Å². The average Bonchev–Trinajstić information content (AvgIpc) is 3.08. The van der Waals surface area contributed by atoms with Gasteiger partial charge in [-0.05, 0) is 12.0 Å². The predicted octanol–water partition coefficient (Wildman–Crippen LogP) is 2.65. The highest BCUT2D eigenvalue weighted by Gasteiger charge is 2.21. The Labute approximate surface area is 164 Å². The van der Waals surface area contributed by atoms with Crippen LogP contribution in [-0.2, 0) is 27.2 Å². The molecule has 2 aromatic heterocycles. The summed E-state index contributed by atoms with van der Waals surface area (Å²) in [7, 11) is 5.16. The minimum atomic E-state index is -0.356. The van der Waals surface area contributed by atoms with Crippen molar-refractivity contribution in [1.82, 2.24) is 18.7 Å². The second-order valence-electron chi connectivity index (χ2n) is 7.34. The first-order valence-corrected chi connectivity index (χ1v) is 9.87. The van der Waals surface area contributed by atoms with Gasteiger partial charge in [0, 0.05) is 34.2 Å². The second-order valence-corrected chi connectivity index (χ2v) is 7.34. The van der Waals surface area contributed by atoms with Gasteiger partial charge in [-0.15, -0.1) is 0 Å². The molecule has 150 valence electrons. The molecule has 0 radical (unpaired) electrons. The Kier molecular flexibility index (Phi) is 6.02. The molecule has 0 unspecified atom stereocenters. The van der Waals surface area contributed by atoms with Crippen LogP contribution in [0.4, 0.5) is 5.95 Å². The summed E-state index contributed by atoms with van der Waals surface area (Å²) in [4.78, 5) is 32.0. The van der Waals surface area contributed by atoms with Crippen LogP contribution >= 0.6 is 0 Å². The molecule has 3 rings (SSSR count). The predicted molar refractivity (Wildman–Crippen MR) is 113 cm³/mol. The van der Waals surface area contributed by atoms with Gasteiger partial charge in [0.05, 0.1) is 0 Å². The van der Waals surface area contributed by atoms with E-state index in [1.165, 1.54) is 11.6 Å². The third kappa shape index (κ3) is 3.74. The SMILES string of the molecule is CCCCCCn1c(N(C)Cc2ccccc2)nc2c1c(=O)n(C)c(=O)n2C. The van der Waals surface area contributed by atoms with Gasteiger partial charge >= 0.3 is 5.69 Å². The molecule has 7 nitrogen and oxygen atoms in total. The maximum absolute atomic E-state index is 12.9. The lowest BCUT2D eigenvalue weighted by Crippen LogP contribution is -2.37. The highest BCUT2D eigenvalue weighted by Crippen LogP contribution is 2.21. The number of hydrogen-bond acceptors (Lipinski definition) is 4. The maximum atomic E-state index is 12.9. The molecular formula is C21H29N5O2. The summed E-state index contributed by atoms with van der Waals surface area (Å²) >= 11 is 0. The number of aromatic nitrogens is 4. The first-order chi connectivity index (χ1) is 13.5. The minimum absolute atomic E-state index is 0.291. The van der Waals surface area contributed by atoms with Crippen LogP contribution in [0.2, 0.25) is 0 Å². The van der Waals surface area contributed by atoms with Gasteiger partial charge in [-0.1, -0.05) is 56.5 Å². The number of rotatable bonds is 8. The summed E-state index contributed by atoms with van der Waals surface area (Å²) in [5, 5.41) is 0. The number of hydrogen-bond donors (Lipinski definition) is 0. The number of anilines is 1. The van der Waals surface area contributed by atoms with Crippen LogP contribution in [0.3, 0.4) is 0 Å². The van der Waals surface area contributed by atoms with Crippen molar-refractivity contribution in [2.45, 2.75) is 45.7 Å². The van der Waals surface area contributed by atoms with E-state index < -0.39 is 0 Å². The second kappa shape index (κ2) is 8.46. The molecule has 3 aromatic rings. The molecule has 0 aliphatic rings. The Morgan fingerprint density at radius 3 is 2.39 bits per heavy atom. The van der Waals surface area contributed by atoms with E-state index >= 15 is 0 Å². The van der Waals surface area contributed by atoms with E-state index in [2.05, 4.69) is 19.1 Å². The molecule has 1 aromatic carbocycles. The van der Waals surface area contributed by atoms with Crippen LogP contribution in [0.1, 0.15) is 38.2 Å². The van der Waals surface area contributed by atoms with Crippen molar-refractivity contribution in [2.24, 2.45) is 14.1 Å². The van der Waals surface area contributed by atoms with Crippen molar-refractivity contribution in [2.75, 3.05) is 11.9 Å². The van der Waals surface area contributed by atoms with Gasteiger partial charge in [0.1, 0.15) is 0 Å². The number of benzene rings is 1. The number of nitrogens with zero attached hydrogens (tertiary/aromatic N) is 5. The fraction of sp³-hybridized carbons (Fsp3) is 0.476. The van der Waals surface area contributed by atoms with Gasteiger partial charge in [-0.25, -0.2) is 4.79 Å². The van der Waals surface area contributed by atoms with E-state index in [9.17, 15) is 9.59 Å². The smallest absolute Gasteiger partial charge is 0.332 e. The molecule has 0 saturated heterocycles. The lowest BCUT2D eigenvalue weighted by atomic mass is 10.2. The molecule has 0 atom stereocenters. The molecule has 2 heterocycles. The Balaban J connectivity index is 2.09. The molecular weight excluding hydrogens is 354 g/mol. The third-order valence-electron chi connectivity index (χ3n) is 5.17. The minimum Gasteiger partial charge on any atom is -0.341 e. The Morgan fingerprint density at radius 2 is 1.71 bits per heavy atom. The van der Waals surface area contributed by atoms with Crippen LogP contribution < -0.4 is 16.1 Å². The summed E-state index contributed by atoms with van der Waals surface area (Å²) in [6.07, 6.45) is 4.39. The van der Waals surface area contributed by atoms with Crippen molar-refractivity contribution < 1.29 is 0 Å². The van der Waals surface area contributed by atoms with Gasteiger partial charge in [0.25, 0.3) is 5.56 Å². The molecule has 0 fully saturated rings. The third-order valence-corrected chi connectivity index (χ3v) is 5.17. The maximum Gasteiger partial charge on any atom is 0.332 e. The average molecular weight is 383 g/mol. The van der Waals surface area contributed by atoms with Crippen molar-refractivity contribution in [1.29, 1.82) is 0 Å². The first-order valence-electron chi connectivity index (χ1n) is 9.87. The van der Waals surface area contributed by atoms with Crippen LogP contribution in [0, 0.1) is 0 Å². The number of unbranched alkanes of at least 4 members (excludes halogenated alkanes) is 3. The zero-order valence-electron chi connectivity index (χ0n) is 17.2. The van der Waals surface area contributed by atoms with Crippen molar-refractivity contribution >= 4 is 17.1 Å². The van der Waals surface area contributed by atoms with Crippen molar-refractivity contribution in [3.8, 4) is 0 Å². The fourth-order valence-electron chi connectivity index (χ4n) is 3.56. The van der Waals surface area contributed by atoms with E-state index in [4.69, 9.17) is 4.98 Å². The van der Waals surface area contributed by atoms with Crippen LogP contribution in [0.5, 0.6) is 0 Å². The largest absolute Gasteiger partial charge is 0.341 e. The topological polar surface area (TPSA) is 65.1 Å². The molecule has 28 heavy (non-hydrogen) atoms. The molecule has 7 heteroatoms.